The van der Waals surface area contributed by atoms with Crippen molar-refractivity contribution < 1.29 is 0 Å². The summed E-state index contributed by atoms with van der Waals surface area (Å²) in [5.41, 5.74) is 2.26. The molecule has 2 rings (SSSR count). The summed E-state index contributed by atoms with van der Waals surface area (Å²) in [6, 6.07) is 8.45. The highest BCUT2D eigenvalue weighted by atomic mass is 127. The summed E-state index contributed by atoms with van der Waals surface area (Å²) in [5.74, 6) is 0. The molecule has 2 aromatic rings. The van der Waals surface area contributed by atoms with Crippen molar-refractivity contribution in [3.63, 3.8) is 0 Å². The molecule has 0 atom stereocenters. The summed E-state index contributed by atoms with van der Waals surface area (Å²) in [4.78, 5) is 4.40. The number of fused-ring (bicyclic) bond motifs is 1. The summed E-state index contributed by atoms with van der Waals surface area (Å²) in [5, 5.41) is 4.71. The van der Waals surface area contributed by atoms with E-state index in [4.69, 9.17) is 0 Å². The Balaban J connectivity index is 2.16. The van der Waals surface area contributed by atoms with Crippen molar-refractivity contribution in [3.8, 4) is 0 Å². The van der Waals surface area contributed by atoms with Gasteiger partial charge in [0.25, 0.3) is 0 Å². The Morgan fingerprint density at radius 2 is 2.12 bits per heavy atom. The molecule has 1 heterocycles. The SMILES string of the molecule is CCCCCNc1ccnc2cc(I)ccc12. The lowest BCUT2D eigenvalue weighted by molar-refractivity contribution is 0.744. The highest BCUT2D eigenvalue weighted by Gasteiger charge is 2.01. The van der Waals surface area contributed by atoms with E-state index in [2.05, 4.69) is 64.1 Å². The molecule has 0 aliphatic heterocycles. The van der Waals surface area contributed by atoms with E-state index < -0.39 is 0 Å². The average molecular weight is 340 g/mol. The van der Waals surface area contributed by atoms with Crippen LogP contribution in [0.2, 0.25) is 0 Å². The van der Waals surface area contributed by atoms with Crippen molar-refractivity contribution in [3.05, 3.63) is 34.0 Å². The second-order valence-electron chi connectivity index (χ2n) is 4.15. The summed E-state index contributed by atoms with van der Waals surface area (Å²) < 4.78 is 1.23. The van der Waals surface area contributed by atoms with E-state index in [1.54, 1.807) is 0 Å². The monoisotopic (exact) mass is 340 g/mol. The van der Waals surface area contributed by atoms with E-state index >= 15 is 0 Å². The number of nitrogens with one attached hydrogen (secondary N) is 1. The van der Waals surface area contributed by atoms with Crippen LogP contribution in [0.1, 0.15) is 26.2 Å². The normalized spacial score (nSPS) is 10.7. The van der Waals surface area contributed by atoms with Gasteiger partial charge in [0.2, 0.25) is 0 Å². The van der Waals surface area contributed by atoms with Crippen molar-refractivity contribution >= 4 is 39.2 Å². The van der Waals surface area contributed by atoms with Crippen LogP contribution in [0.3, 0.4) is 0 Å². The zero-order chi connectivity index (χ0) is 12.1. The molecule has 0 saturated heterocycles. The molecule has 90 valence electrons. The number of nitrogens with zero attached hydrogens (tertiary/aromatic N) is 1. The number of anilines is 1. The Bertz CT molecular complexity index is 497. The summed E-state index contributed by atoms with van der Waals surface area (Å²) in [6.07, 6.45) is 5.65. The minimum absolute atomic E-state index is 1.04. The van der Waals surface area contributed by atoms with Gasteiger partial charge in [-0.15, -0.1) is 0 Å². The van der Waals surface area contributed by atoms with E-state index in [1.165, 1.54) is 33.9 Å². The van der Waals surface area contributed by atoms with Crippen LogP contribution in [-0.4, -0.2) is 11.5 Å². The number of hydrogen-bond donors (Lipinski definition) is 1. The van der Waals surface area contributed by atoms with E-state index in [-0.39, 0.29) is 0 Å². The van der Waals surface area contributed by atoms with Crippen LogP contribution < -0.4 is 5.32 Å². The lowest BCUT2D eigenvalue weighted by Gasteiger charge is -2.09. The number of unbranched alkanes of at least 4 members (excludes halogenated alkanes) is 2. The average Bonchev–Trinajstić information content (AvgIpc) is 2.34. The quantitative estimate of drug-likeness (QED) is 0.643. The third kappa shape index (κ3) is 3.31. The van der Waals surface area contributed by atoms with Crippen molar-refractivity contribution in [2.75, 3.05) is 11.9 Å². The Labute approximate surface area is 116 Å². The Kier molecular flexibility index (Phi) is 4.59. The maximum Gasteiger partial charge on any atom is 0.0733 e. The zero-order valence-corrected chi connectivity index (χ0v) is 12.2. The van der Waals surface area contributed by atoms with E-state index in [0.29, 0.717) is 0 Å². The van der Waals surface area contributed by atoms with Crippen LogP contribution >= 0.6 is 22.6 Å². The molecular weight excluding hydrogens is 323 g/mol. The van der Waals surface area contributed by atoms with Gasteiger partial charge in [0.1, 0.15) is 0 Å². The first kappa shape index (κ1) is 12.6. The lowest BCUT2D eigenvalue weighted by Crippen LogP contribution is -2.02. The fourth-order valence-corrected chi connectivity index (χ4v) is 2.35. The smallest absolute Gasteiger partial charge is 0.0733 e. The zero-order valence-electron chi connectivity index (χ0n) is 10.0. The number of hydrogen-bond acceptors (Lipinski definition) is 2. The second-order valence-corrected chi connectivity index (χ2v) is 5.40. The van der Waals surface area contributed by atoms with Crippen molar-refractivity contribution in [1.29, 1.82) is 0 Å². The molecule has 3 heteroatoms. The predicted molar refractivity (Wildman–Crippen MR) is 82.5 cm³/mol. The number of benzene rings is 1. The van der Waals surface area contributed by atoms with Crippen LogP contribution in [0.4, 0.5) is 5.69 Å². The largest absolute Gasteiger partial charge is 0.384 e. The third-order valence-electron chi connectivity index (χ3n) is 2.80. The van der Waals surface area contributed by atoms with E-state index in [1.807, 2.05) is 6.20 Å². The topological polar surface area (TPSA) is 24.9 Å². The predicted octanol–water partition coefficient (Wildman–Crippen LogP) is 4.44. The van der Waals surface area contributed by atoms with Gasteiger partial charge in [0, 0.05) is 27.4 Å². The fourth-order valence-electron chi connectivity index (χ4n) is 1.87. The van der Waals surface area contributed by atoms with Crippen LogP contribution in [0.5, 0.6) is 0 Å². The van der Waals surface area contributed by atoms with Gasteiger partial charge >= 0.3 is 0 Å². The highest BCUT2D eigenvalue weighted by molar-refractivity contribution is 14.1. The summed E-state index contributed by atoms with van der Waals surface area (Å²) >= 11 is 2.32. The van der Waals surface area contributed by atoms with Crippen molar-refractivity contribution in [1.82, 2.24) is 4.98 Å². The van der Waals surface area contributed by atoms with Gasteiger partial charge in [-0.1, -0.05) is 19.8 Å². The van der Waals surface area contributed by atoms with Gasteiger partial charge in [-0.05, 0) is 53.3 Å². The standard InChI is InChI=1S/C14H17IN2/c1-2-3-4-8-16-13-7-9-17-14-10-11(15)5-6-12(13)14/h5-7,9-10H,2-4,8H2,1H3,(H,16,17). The highest BCUT2D eigenvalue weighted by Crippen LogP contribution is 2.23. The first-order chi connectivity index (χ1) is 8.31. The van der Waals surface area contributed by atoms with Gasteiger partial charge in [-0.3, -0.25) is 4.98 Å². The number of aromatic nitrogens is 1. The van der Waals surface area contributed by atoms with Crippen molar-refractivity contribution in [2.45, 2.75) is 26.2 Å². The molecule has 0 unspecified atom stereocenters. The maximum absolute atomic E-state index is 4.40. The second kappa shape index (κ2) is 6.19. The number of rotatable bonds is 5. The first-order valence-electron chi connectivity index (χ1n) is 6.09. The molecule has 0 bridgehead atoms. The number of pyridine rings is 1. The third-order valence-corrected chi connectivity index (χ3v) is 3.47. The molecule has 0 fully saturated rings. The molecule has 0 saturated carbocycles. The first-order valence-corrected chi connectivity index (χ1v) is 7.17. The molecule has 1 aromatic heterocycles. The van der Waals surface area contributed by atoms with Crippen LogP contribution in [-0.2, 0) is 0 Å². The van der Waals surface area contributed by atoms with Crippen LogP contribution in [0, 0.1) is 3.57 Å². The fraction of sp³-hybridized carbons (Fsp3) is 0.357. The van der Waals surface area contributed by atoms with Crippen LogP contribution in [0.15, 0.2) is 30.5 Å². The van der Waals surface area contributed by atoms with Crippen molar-refractivity contribution in [2.24, 2.45) is 0 Å². The Morgan fingerprint density at radius 1 is 1.24 bits per heavy atom. The lowest BCUT2D eigenvalue weighted by atomic mass is 10.2. The molecule has 0 spiro atoms. The molecule has 0 amide bonds. The Morgan fingerprint density at radius 3 is 2.94 bits per heavy atom. The van der Waals surface area contributed by atoms with E-state index in [0.717, 1.165) is 12.1 Å². The molecule has 17 heavy (non-hydrogen) atoms. The van der Waals surface area contributed by atoms with Gasteiger partial charge in [-0.2, -0.15) is 0 Å². The maximum atomic E-state index is 4.40. The van der Waals surface area contributed by atoms with Gasteiger partial charge in [0.15, 0.2) is 0 Å². The molecule has 1 aromatic carbocycles. The van der Waals surface area contributed by atoms with Crippen LogP contribution in [0.25, 0.3) is 10.9 Å². The molecule has 0 radical (unpaired) electrons. The molecule has 0 aliphatic carbocycles. The Hall–Kier alpha value is -0.840. The minimum atomic E-state index is 1.04. The molecule has 2 nitrogen and oxygen atoms in total. The molecule has 0 aliphatic rings. The van der Waals surface area contributed by atoms with Gasteiger partial charge < -0.3 is 5.32 Å². The number of halogens is 1. The van der Waals surface area contributed by atoms with Gasteiger partial charge in [0.05, 0.1) is 5.52 Å². The minimum Gasteiger partial charge on any atom is -0.384 e. The van der Waals surface area contributed by atoms with E-state index in [9.17, 15) is 0 Å². The van der Waals surface area contributed by atoms with Gasteiger partial charge in [-0.25, -0.2) is 0 Å². The summed E-state index contributed by atoms with van der Waals surface area (Å²) in [6.45, 7) is 3.27. The molecular formula is C14H17IN2. The molecule has 1 N–H and O–H groups in total. The summed E-state index contributed by atoms with van der Waals surface area (Å²) in [7, 11) is 0.